The van der Waals surface area contributed by atoms with Crippen LogP contribution in [0.4, 0.5) is 21.7 Å². The summed E-state index contributed by atoms with van der Waals surface area (Å²) in [5.74, 6) is -1.19. The van der Waals surface area contributed by atoms with Gasteiger partial charge in [-0.1, -0.05) is 18.2 Å². The van der Waals surface area contributed by atoms with Gasteiger partial charge in [0.15, 0.2) is 5.65 Å². The van der Waals surface area contributed by atoms with Crippen molar-refractivity contribution in [3.63, 3.8) is 0 Å². The number of nitrogens with zero attached hydrogens (tertiary/aromatic N) is 5. The number of fused-ring (bicyclic) bond motifs is 1. The molecule has 0 spiro atoms. The van der Waals surface area contributed by atoms with Crippen molar-refractivity contribution >= 4 is 28.4 Å². The Morgan fingerprint density at radius 1 is 1.19 bits per heavy atom. The predicted octanol–water partition coefficient (Wildman–Crippen LogP) is 2.28. The van der Waals surface area contributed by atoms with Crippen LogP contribution in [0.2, 0.25) is 0 Å². The number of aromatic nitrogens is 4. The van der Waals surface area contributed by atoms with Gasteiger partial charge in [-0.3, -0.25) is 19.5 Å². The highest BCUT2D eigenvalue weighted by atomic mass is 19.1. The first-order valence-corrected chi connectivity index (χ1v) is 9.15. The van der Waals surface area contributed by atoms with Gasteiger partial charge in [-0.25, -0.2) is 14.3 Å². The number of nitro groups is 1. The van der Waals surface area contributed by atoms with Crippen LogP contribution in [0, 0.1) is 15.9 Å². The lowest BCUT2D eigenvalue weighted by atomic mass is 10.2. The Kier molecular flexibility index (Phi) is 5.10. The van der Waals surface area contributed by atoms with Gasteiger partial charge in [-0.2, -0.15) is 9.37 Å². The van der Waals surface area contributed by atoms with Gasteiger partial charge in [-0.15, -0.1) is 0 Å². The van der Waals surface area contributed by atoms with Crippen LogP contribution >= 0.6 is 0 Å². The van der Waals surface area contributed by atoms with E-state index < -0.39 is 27.7 Å². The molecule has 12 heteroatoms. The maximum absolute atomic E-state index is 13.9. The average molecular weight is 438 g/mol. The van der Waals surface area contributed by atoms with E-state index >= 15 is 0 Å². The molecule has 1 N–H and O–H groups in total. The highest BCUT2D eigenvalue weighted by Crippen LogP contribution is 2.33. The van der Waals surface area contributed by atoms with E-state index in [0.717, 1.165) is 16.7 Å². The molecule has 0 fully saturated rings. The number of benzene rings is 2. The Hall–Kier alpha value is -4.61. The number of halogens is 1. The minimum Gasteiger partial charge on any atom is -0.494 e. The molecule has 0 aliphatic heterocycles. The van der Waals surface area contributed by atoms with Crippen LogP contribution in [-0.4, -0.2) is 31.1 Å². The third-order valence-corrected chi connectivity index (χ3v) is 4.72. The van der Waals surface area contributed by atoms with Crippen molar-refractivity contribution in [2.24, 2.45) is 7.05 Å². The van der Waals surface area contributed by atoms with Gasteiger partial charge in [0.1, 0.15) is 11.1 Å². The molecule has 0 amide bonds. The first-order valence-electron chi connectivity index (χ1n) is 9.15. The molecule has 0 radical (unpaired) electrons. The third-order valence-electron chi connectivity index (χ3n) is 4.72. The molecule has 0 bridgehead atoms. The Bertz CT molecular complexity index is 1480. The topological polar surface area (TPSA) is 134 Å². The van der Waals surface area contributed by atoms with Crippen molar-refractivity contribution in [3.05, 3.63) is 85.4 Å². The first-order chi connectivity index (χ1) is 15.3. The molecule has 2 heterocycles. The quantitative estimate of drug-likeness (QED) is 0.370. The molecular formula is C20H15FN6O5. The standard InChI is InChI=1S/C20H15FN6O5/c1-25-18(28)12-10-22-19(23-14-9-15(27(30)31)13(21)8-16(14)32-2)24-17(12)26(20(25)29)11-6-4-3-5-7-11/h3-10H,1-2H3,(H,22,23,24). The molecule has 2 aromatic heterocycles. The summed E-state index contributed by atoms with van der Waals surface area (Å²) in [6, 6.07) is 10.4. The van der Waals surface area contributed by atoms with Crippen molar-refractivity contribution < 1.29 is 14.1 Å². The summed E-state index contributed by atoms with van der Waals surface area (Å²) in [6.07, 6.45) is 1.23. The molecule has 4 rings (SSSR count). The maximum Gasteiger partial charge on any atom is 0.337 e. The minimum atomic E-state index is -1.07. The van der Waals surface area contributed by atoms with Gasteiger partial charge >= 0.3 is 11.4 Å². The minimum absolute atomic E-state index is 0.0254. The molecule has 0 aliphatic rings. The van der Waals surface area contributed by atoms with Crippen LogP contribution in [0.25, 0.3) is 16.7 Å². The molecule has 0 atom stereocenters. The van der Waals surface area contributed by atoms with Gasteiger partial charge in [0.2, 0.25) is 11.8 Å². The summed E-state index contributed by atoms with van der Waals surface area (Å²) in [7, 11) is 2.61. The number of nitro benzene ring substituents is 1. The number of nitrogens with one attached hydrogen (secondary N) is 1. The Balaban J connectivity index is 1.93. The van der Waals surface area contributed by atoms with Crippen molar-refractivity contribution in [2.75, 3.05) is 12.4 Å². The molecule has 0 unspecified atom stereocenters. The lowest BCUT2D eigenvalue weighted by Gasteiger charge is -2.13. The Labute approximate surface area is 178 Å². The van der Waals surface area contributed by atoms with Crippen LogP contribution in [0.3, 0.4) is 0 Å². The summed E-state index contributed by atoms with van der Waals surface area (Å²) in [5.41, 5.74) is -1.45. The molecule has 162 valence electrons. The van der Waals surface area contributed by atoms with E-state index in [1.165, 1.54) is 24.9 Å². The number of methoxy groups -OCH3 is 1. The zero-order chi connectivity index (χ0) is 23.0. The highest BCUT2D eigenvalue weighted by molar-refractivity contribution is 5.77. The lowest BCUT2D eigenvalue weighted by Crippen LogP contribution is -2.38. The second-order valence-corrected chi connectivity index (χ2v) is 6.63. The van der Waals surface area contributed by atoms with Gasteiger partial charge in [-0.05, 0) is 12.1 Å². The zero-order valence-electron chi connectivity index (χ0n) is 16.8. The SMILES string of the molecule is COc1cc(F)c([N+](=O)[O-])cc1Nc1ncc2c(=O)n(C)c(=O)n(-c3ccccc3)c2n1. The average Bonchev–Trinajstić information content (AvgIpc) is 2.79. The van der Waals surface area contributed by atoms with Crippen LogP contribution in [0.15, 0.2) is 58.3 Å². The third kappa shape index (κ3) is 3.43. The highest BCUT2D eigenvalue weighted by Gasteiger charge is 2.20. The van der Waals surface area contributed by atoms with Gasteiger partial charge in [0.25, 0.3) is 5.56 Å². The van der Waals surface area contributed by atoms with Gasteiger partial charge in [0.05, 0.1) is 23.4 Å². The fourth-order valence-corrected chi connectivity index (χ4v) is 3.14. The summed E-state index contributed by atoms with van der Waals surface area (Å²) in [4.78, 5) is 44.0. The van der Waals surface area contributed by atoms with E-state index in [1.54, 1.807) is 30.3 Å². The van der Waals surface area contributed by atoms with Crippen molar-refractivity contribution in [1.29, 1.82) is 0 Å². The van der Waals surface area contributed by atoms with Crippen molar-refractivity contribution in [2.45, 2.75) is 0 Å². The monoisotopic (exact) mass is 438 g/mol. The second-order valence-electron chi connectivity index (χ2n) is 6.63. The summed E-state index contributed by atoms with van der Waals surface area (Å²) in [6.45, 7) is 0. The van der Waals surface area contributed by atoms with Gasteiger partial charge in [0, 0.05) is 25.4 Å². The van der Waals surface area contributed by atoms with E-state index in [4.69, 9.17) is 4.74 Å². The summed E-state index contributed by atoms with van der Waals surface area (Å²) >= 11 is 0. The molecule has 0 saturated heterocycles. The van der Waals surface area contributed by atoms with Gasteiger partial charge < -0.3 is 10.1 Å². The predicted molar refractivity (Wildman–Crippen MR) is 113 cm³/mol. The largest absolute Gasteiger partial charge is 0.494 e. The normalized spacial score (nSPS) is 10.8. The van der Waals surface area contributed by atoms with Crippen molar-refractivity contribution in [1.82, 2.24) is 19.1 Å². The molecule has 0 aliphatic carbocycles. The molecule has 11 nitrogen and oxygen atoms in total. The molecule has 0 saturated carbocycles. The van der Waals surface area contributed by atoms with Crippen LogP contribution in [-0.2, 0) is 7.05 Å². The number of para-hydroxylation sites is 1. The van der Waals surface area contributed by atoms with E-state index in [0.29, 0.717) is 5.69 Å². The smallest absolute Gasteiger partial charge is 0.337 e. The molecular weight excluding hydrogens is 423 g/mol. The summed E-state index contributed by atoms with van der Waals surface area (Å²) < 4.78 is 21.2. The zero-order valence-corrected chi connectivity index (χ0v) is 16.8. The number of rotatable bonds is 5. The fraction of sp³-hybridized carbons (Fsp3) is 0.100. The molecule has 32 heavy (non-hydrogen) atoms. The number of anilines is 2. The fourth-order valence-electron chi connectivity index (χ4n) is 3.14. The maximum atomic E-state index is 13.9. The van der Waals surface area contributed by atoms with E-state index in [-0.39, 0.29) is 28.4 Å². The van der Waals surface area contributed by atoms with E-state index in [2.05, 4.69) is 15.3 Å². The number of ether oxygens (including phenoxy) is 1. The Morgan fingerprint density at radius 2 is 1.91 bits per heavy atom. The lowest BCUT2D eigenvalue weighted by molar-refractivity contribution is -0.387. The summed E-state index contributed by atoms with van der Waals surface area (Å²) in [5, 5.41) is 13.9. The number of hydrogen-bond donors (Lipinski definition) is 1. The first kappa shape index (κ1) is 20.7. The second kappa shape index (κ2) is 7.91. The molecule has 2 aromatic carbocycles. The number of hydrogen-bond acceptors (Lipinski definition) is 8. The van der Waals surface area contributed by atoms with E-state index in [1.807, 2.05) is 0 Å². The Morgan fingerprint density at radius 3 is 2.56 bits per heavy atom. The van der Waals surface area contributed by atoms with Crippen molar-refractivity contribution in [3.8, 4) is 11.4 Å². The van der Waals surface area contributed by atoms with E-state index in [9.17, 15) is 24.1 Å². The van der Waals surface area contributed by atoms with Crippen LogP contribution in [0.5, 0.6) is 5.75 Å². The van der Waals surface area contributed by atoms with Crippen LogP contribution in [0.1, 0.15) is 0 Å². The molecule has 4 aromatic rings. The van der Waals surface area contributed by atoms with Crippen LogP contribution < -0.4 is 21.3 Å².